The quantitative estimate of drug-likeness (QED) is 0.656. The molecule has 0 radical (unpaired) electrons. The van der Waals surface area contributed by atoms with Gasteiger partial charge in [-0.15, -0.1) is 0 Å². The van der Waals surface area contributed by atoms with Crippen LogP contribution < -0.4 is 5.32 Å². The van der Waals surface area contributed by atoms with Crippen molar-refractivity contribution in [1.82, 2.24) is 0 Å². The van der Waals surface area contributed by atoms with E-state index < -0.39 is 16.4 Å². The number of hydrogen-bond donors (Lipinski definition) is 1. The molecule has 98 valence electrons. The van der Waals surface area contributed by atoms with Crippen LogP contribution in [-0.4, -0.2) is 11.5 Å². The predicted molar refractivity (Wildman–Crippen MR) is 68.1 cm³/mol. The molecule has 1 aliphatic rings. The lowest BCUT2D eigenvalue weighted by atomic mass is 9.89. The Morgan fingerprint density at radius 1 is 1.33 bits per heavy atom. The van der Waals surface area contributed by atoms with Gasteiger partial charge in [0.2, 0.25) is 5.82 Å². The molecule has 0 unspecified atom stereocenters. The smallest absolute Gasteiger partial charge is 0.306 e. The van der Waals surface area contributed by atoms with E-state index >= 15 is 0 Å². The van der Waals surface area contributed by atoms with E-state index in [2.05, 4.69) is 5.32 Å². The highest BCUT2D eigenvalue weighted by Crippen LogP contribution is 2.25. The van der Waals surface area contributed by atoms with Gasteiger partial charge >= 0.3 is 5.69 Å². The van der Waals surface area contributed by atoms with Crippen molar-refractivity contribution in [2.75, 3.05) is 11.9 Å². The maximum atomic E-state index is 13.1. The van der Waals surface area contributed by atoms with Gasteiger partial charge in [0, 0.05) is 18.3 Å². The molecule has 1 aromatic rings. The molecule has 0 atom stereocenters. The van der Waals surface area contributed by atoms with E-state index in [1.54, 1.807) is 6.07 Å². The first kappa shape index (κ1) is 12.8. The molecule has 0 aromatic heterocycles. The zero-order chi connectivity index (χ0) is 13.0. The van der Waals surface area contributed by atoms with Crippen LogP contribution in [0.4, 0.5) is 15.8 Å². The zero-order valence-electron chi connectivity index (χ0n) is 10.2. The third-order valence-electron chi connectivity index (χ3n) is 3.46. The summed E-state index contributed by atoms with van der Waals surface area (Å²) in [5, 5.41) is 13.8. The standard InChI is InChI=1S/C13H17FN2O2/c14-12-7-6-11(8-13(12)16(17)18)15-9-10-4-2-1-3-5-10/h6-8,10,15H,1-5,9H2. The lowest BCUT2D eigenvalue weighted by Gasteiger charge is -2.22. The second-order valence-electron chi connectivity index (χ2n) is 4.81. The summed E-state index contributed by atoms with van der Waals surface area (Å²) in [4.78, 5) is 9.92. The minimum atomic E-state index is -0.789. The molecule has 18 heavy (non-hydrogen) atoms. The summed E-state index contributed by atoms with van der Waals surface area (Å²) in [6.07, 6.45) is 6.23. The summed E-state index contributed by atoms with van der Waals surface area (Å²) >= 11 is 0. The highest BCUT2D eigenvalue weighted by molar-refractivity contribution is 5.51. The van der Waals surface area contributed by atoms with Crippen molar-refractivity contribution in [1.29, 1.82) is 0 Å². The molecular formula is C13H17FN2O2. The molecule has 5 heteroatoms. The van der Waals surface area contributed by atoms with E-state index in [-0.39, 0.29) is 0 Å². The van der Waals surface area contributed by atoms with Crippen molar-refractivity contribution in [2.24, 2.45) is 5.92 Å². The minimum Gasteiger partial charge on any atom is -0.385 e. The van der Waals surface area contributed by atoms with Crippen molar-refractivity contribution in [2.45, 2.75) is 32.1 Å². The van der Waals surface area contributed by atoms with E-state index in [0.717, 1.165) is 12.6 Å². The molecule has 4 nitrogen and oxygen atoms in total. The molecule has 1 N–H and O–H groups in total. The van der Waals surface area contributed by atoms with Crippen LogP contribution in [0, 0.1) is 21.8 Å². The van der Waals surface area contributed by atoms with Gasteiger partial charge in [-0.2, -0.15) is 4.39 Å². The number of hydrogen-bond acceptors (Lipinski definition) is 3. The van der Waals surface area contributed by atoms with Crippen molar-refractivity contribution < 1.29 is 9.31 Å². The number of nitrogens with one attached hydrogen (secondary N) is 1. The normalized spacial score (nSPS) is 16.5. The van der Waals surface area contributed by atoms with Gasteiger partial charge in [0.25, 0.3) is 0 Å². The van der Waals surface area contributed by atoms with Crippen LogP contribution in [0.5, 0.6) is 0 Å². The second kappa shape index (κ2) is 5.80. The number of nitro benzene ring substituents is 1. The van der Waals surface area contributed by atoms with Crippen LogP contribution in [0.15, 0.2) is 18.2 Å². The molecule has 1 aliphatic carbocycles. The number of nitro groups is 1. The van der Waals surface area contributed by atoms with E-state index in [4.69, 9.17) is 0 Å². The van der Waals surface area contributed by atoms with Crippen LogP contribution in [0.1, 0.15) is 32.1 Å². The fourth-order valence-corrected chi connectivity index (χ4v) is 2.42. The van der Waals surface area contributed by atoms with Gasteiger partial charge in [0.1, 0.15) is 0 Å². The lowest BCUT2D eigenvalue weighted by molar-refractivity contribution is -0.387. The van der Waals surface area contributed by atoms with Crippen LogP contribution in [0.3, 0.4) is 0 Å². The highest BCUT2D eigenvalue weighted by atomic mass is 19.1. The van der Waals surface area contributed by atoms with Gasteiger partial charge in [0.05, 0.1) is 4.92 Å². The third kappa shape index (κ3) is 3.18. The van der Waals surface area contributed by atoms with Gasteiger partial charge in [-0.1, -0.05) is 19.3 Å². The van der Waals surface area contributed by atoms with Crippen molar-refractivity contribution >= 4 is 11.4 Å². The maximum Gasteiger partial charge on any atom is 0.306 e. The van der Waals surface area contributed by atoms with Crippen molar-refractivity contribution in [3.63, 3.8) is 0 Å². The molecule has 0 aliphatic heterocycles. The van der Waals surface area contributed by atoms with E-state index in [0.29, 0.717) is 11.6 Å². The van der Waals surface area contributed by atoms with E-state index in [1.807, 2.05) is 0 Å². The van der Waals surface area contributed by atoms with Crippen molar-refractivity contribution in [3.05, 3.63) is 34.1 Å². The lowest BCUT2D eigenvalue weighted by Crippen LogP contribution is -2.17. The summed E-state index contributed by atoms with van der Waals surface area (Å²) in [6, 6.07) is 3.95. The number of nitrogens with zero attached hydrogens (tertiary/aromatic N) is 1. The Kier molecular flexibility index (Phi) is 4.12. The highest BCUT2D eigenvalue weighted by Gasteiger charge is 2.16. The molecule has 2 rings (SSSR count). The number of anilines is 1. The van der Waals surface area contributed by atoms with Crippen LogP contribution >= 0.6 is 0 Å². The molecule has 0 spiro atoms. The molecule has 0 saturated heterocycles. The fraction of sp³-hybridized carbons (Fsp3) is 0.538. The van der Waals surface area contributed by atoms with E-state index in [9.17, 15) is 14.5 Å². The molecule has 1 saturated carbocycles. The van der Waals surface area contributed by atoms with Crippen LogP contribution in [-0.2, 0) is 0 Å². The number of benzene rings is 1. The summed E-state index contributed by atoms with van der Waals surface area (Å²) < 4.78 is 13.1. The van der Waals surface area contributed by atoms with Gasteiger partial charge in [-0.3, -0.25) is 10.1 Å². The molecule has 1 fully saturated rings. The SMILES string of the molecule is O=[N+]([O-])c1cc(NCC2CCCCC2)ccc1F. The second-order valence-corrected chi connectivity index (χ2v) is 4.81. The van der Waals surface area contributed by atoms with Gasteiger partial charge in [0.15, 0.2) is 0 Å². The van der Waals surface area contributed by atoms with Gasteiger partial charge < -0.3 is 5.32 Å². The Balaban J connectivity index is 1.96. The molecule has 0 heterocycles. The maximum absolute atomic E-state index is 13.1. The van der Waals surface area contributed by atoms with Crippen molar-refractivity contribution in [3.8, 4) is 0 Å². The Bertz CT molecular complexity index is 431. The molecule has 0 amide bonds. The van der Waals surface area contributed by atoms with Gasteiger partial charge in [-0.05, 0) is 30.9 Å². The summed E-state index contributed by atoms with van der Waals surface area (Å²) in [5.41, 5.74) is 0.150. The van der Waals surface area contributed by atoms with Crippen LogP contribution in [0.2, 0.25) is 0 Å². The largest absolute Gasteiger partial charge is 0.385 e. The van der Waals surface area contributed by atoms with E-state index in [1.165, 1.54) is 38.2 Å². The molecular weight excluding hydrogens is 235 g/mol. The Morgan fingerprint density at radius 2 is 2.06 bits per heavy atom. The zero-order valence-corrected chi connectivity index (χ0v) is 10.2. The average molecular weight is 252 g/mol. The first-order valence-corrected chi connectivity index (χ1v) is 6.34. The monoisotopic (exact) mass is 252 g/mol. The Labute approximate surface area is 105 Å². The summed E-state index contributed by atoms with van der Waals surface area (Å²) in [5.74, 6) is -0.161. The minimum absolute atomic E-state index is 0.469. The Hall–Kier alpha value is -1.65. The molecule has 0 bridgehead atoms. The first-order valence-electron chi connectivity index (χ1n) is 6.34. The molecule has 1 aromatic carbocycles. The first-order chi connectivity index (χ1) is 8.66. The average Bonchev–Trinajstić information content (AvgIpc) is 2.38. The fourth-order valence-electron chi connectivity index (χ4n) is 2.42. The number of rotatable bonds is 4. The third-order valence-corrected chi connectivity index (χ3v) is 3.46. The Morgan fingerprint density at radius 3 is 2.72 bits per heavy atom. The van der Waals surface area contributed by atoms with Crippen LogP contribution in [0.25, 0.3) is 0 Å². The summed E-state index contributed by atoms with van der Waals surface area (Å²) in [7, 11) is 0. The summed E-state index contributed by atoms with van der Waals surface area (Å²) in [6.45, 7) is 0.808. The van der Waals surface area contributed by atoms with Gasteiger partial charge in [-0.25, -0.2) is 0 Å². The number of halogens is 1. The predicted octanol–water partition coefficient (Wildman–Crippen LogP) is 3.73. The topological polar surface area (TPSA) is 55.2 Å².